The predicted molar refractivity (Wildman–Crippen MR) is 70.7 cm³/mol. The van der Waals surface area contributed by atoms with Gasteiger partial charge in [-0.2, -0.15) is 19.0 Å². The van der Waals surface area contributed by atoms with E-state index in [0.29, 0.717) is 0 Å². The molecule has 0 aliphatic rings. The molecule has 1 N–H and O–H groups in total. The van der Waals surface area contributed by atoms with Crippen LogP contribution in [-0.2, 0) is 4.28 Å². The van der Waals surface area contributed by atoms with Crippen molar-refractivity contribution in [1.29, 1.82) is 0 Å². The molecule has 0 saturated carbocycles. The van der Waals surface area contributed by atoms with Crippen molar-refractivity contribution in [1.82, 2.24) is 5.48 Å². The topological polar surface area (TPSA) is 24.5 Å². The lowest BCUT2D eigenvalue weighted by atomic mass is 10.3. The monoisotopic (exact) mass is 296 g/mol. The van der Waals surface area contributed by atoms with Crippen LogP contribution in [0.2, 0.25) is 0 Å². The van der Waals surface area contributed by atoms with E-state index in [4.69, 9.17) is 4.28 Å². The van der Waals surface area contributed by atoms with Gasteiger partial charge in [0.2, 0.25) is 0 Å². The molecule has 0 aliphatic heterocycles. The Morgan fingerprint density at radius 2 is 2.21 bits per heavy atom. The van der Waals surface area contributed by atoms with Gasteiger partial charge in [-0.1, -0.05) is 22.0 Å². The fourth-order valence-corrected chi connectivity index (χ4v) is 1.58. The van der Waals surface area contributed by atoms with E-state index >= 15 is 0 Å². The van der Waals surface area contributed by atoms with Crippen molar-refractivity contribution in [3.05, 3.63) is 28.7 Å². The number of nitrogens with one attached hydrogen (secondary N) is 1. The molecule has 0 aliphatic carbocycles. The molecule has 1 aromatic rings. The van der Waals surface area contributed by atoms with Gasteiger partial charge < -0.3 is 0 Å². The molecule has 6 heteroatoms. The maximum Gasteiger partial charge on any atom is 0.135 e. The van der Waals surface area contributed by atoms with Crippen LogP contribution in [0.25, 0.3) is 0 Å². The number of benzene rings is 1. The van der Waals surface area contributed by atoms with Gasteiger partial charge in [0, 0.05) is 24.3 Å². The van der Waals surface area contributed by atoms with Crippen LogP contribution in [0.15, 0.2) is 28.7 Å². The zero-order valence-electron chi connectivity index (χ0n) is 7.95. The lowest BCUT2D eigenvalue weighted by Crippen LogP contribution is -2.11. The molecule has 0 heterocycles. The van der Waals surface area contributed by atoms with Gasteiger partial charge >= 0.3 is 0 Å². The number of halogens is 1. The molecule has 0 fully saturated rings. The second-order valence-electron chi connectivity index (χ2n) is 2.34. The highest BCUT2D eigenvalue weighted by Crippen LogP contribution is 2.23. The van der Waals surface area contributed by atoms with Crippen LogP contribution >= 0.6 is 41.7 Å². The van der Waals surface area contributed by atoms with E-state index < -0.39 is 0 Å². The minimum absolute atomic E-state index is 0. The summed E-state index contributed by atoms with van der Waals surface area (Å²) in [6, 6.07) is 8.00. The Labute approximate surface area is 104 Å². The molecule has 80 valence electrons. The molecular formula is C8H13BrN2OS2. The molecule has 1 rings (SSSR count). The maximum absolute atomic E-state index is 4.97. The summed E-state index contributed by atoms with van der Waals surface area (Å²) in [6.45, 7) is 0. The Hall–Kier alpha value is 0.120. The molecule has 0 spiro atoms. The molecular weight excluding hydrogens is 284 g/mol. The van der Waals surface area contributed by atoms with E-state index in [1.54, 1.807) is 7.05 Å². The van der Waals surface area contributed by atoms with Crippen LogP contribution in [0, 0.1) is 0 Å². The second-order valence-corrected chi connectivity index (χ2v) is 4.12. The molecule has 0 bridgehead atoms. The minimum atomic E-state index is 0. The molecule has 3 nitrogen and oxygen atoms in total. The number of anilines is 1. The number of nitrogens with zero attached hydrogens (tertiary/aromatic N) is 1. The van der Waals surface area contributed by atoms with E-state index in [1.807, 2.05) is 35.6 Å². The zero-order chi connectivity index (χ0) is 9.68. The van der Waals surface area contributed by atoms with Gasteiger partial charge in [-0.15, -0.1) is 0 Å². The maximum atomic E-state index is 4.97. The standard InChI is InChI=1S/C8H11BrN2OS.H2S/c1-10-12-13-11(2)8-5-3-4-7(9)6-8;/h3-6,10H,1-2H3;1H2. The van der Waals surface area contributed by atoms with Gasteiger partial charge in [0.15, 0.2) is 0 Å². The van der Waals surface area contributed by atoms with Crippen LogP contribution in [-0.4, -0.2) is 14.1 Å². The summed E-state index contributed by atoms with van der Waals surface area (Å²) in [5.74, 6) is 0. The van der Waals surface area contributed by atoms with E-state index in [2.05, 4.69) is 21.4 Å². The summed E-state index contributed by atoms with van der Waals surface area (Å²) in [4.78, 5) is 0. The highest BCUT2D eigenvalue weighted by atomic mass is 79.9. The molecule has 0 unspecified atom stereocenters. The largest absolute Gasteiger partial charge is 0.295 e. The Morgan fingerprint density at radius 3 is 2.79 bits per heavy atom. The first-order valence-electron chi connectivity index (χ1n) is 3.73. The number of hydroxylamine groups is 1. The molecule has 1 aromatic carbocycles. The highest BCUT2D eigenvalue weighted by molar-refractivity contribution is 9.10. The SMILES string of the molecule is CNOSN(C)c1cccc(Br)c1.S. The first-order chi connectivity index (χ1) is 6.24. The van der Waals surface area contributed by atoms with Crippen LogP contribution in [0.1, 0.15) is 0 Å². The van der Waals surface area contributed by atoms with Crippen molar-refractivity contribution < 1.29 is 4.28 Å². The van der Waals surface area contributed by atoms with Gasteiger partial charge in [0.1, 0.15) is 12.2 Å². The molecule has 0 saturated heterocycles. The van der Waals surface area contributed by atoms with Crippen LogP contribution in [0.5, 0.6) is 0 Å². The van der Waals surface area contributed by atoms with Gasteiger partial charge in [0.25, 0.3) is 0 Å². The van der Waals surface area contributed by atoms with Gasteiger partial charge in [0.05, 0.1) is 0 Å². The van der Waals surface area contributed by atoms with Crippen molar-refractivity contribution in [3.8, 4) is 0 Å². The Morgan fingerprint density at radius 1 is 1.50 bits per heavy atom. The summed E-state index contributed by atoms with van der Waals surface area (Å²) in [7, 11) is 3.66. The summed E-state index contributed by atoms with van der Waals surface area (Å²) < 4.78 is 7.94. The van der Waals surface area contributed by atoms with E-state index in [0.717, 1.165) is 10.2 Å². The molecule has 14 heavy (non-hydrogen) atoms. The molecule has 0 atom stereocenters. The molecule has 0 amide bonds. The first kappa shape index (κ1) is 14.1. The van der Waals surface area contributed by atoms with Crippen molar-refractivity contribution >= 4 is 47.3 Å². The minimum Gasteiger partial charge on any atom is -0.295 e. The molecule has 0 radical (unpaired) electrons. The van der Waals surface area contributed by atoms with Gasteiger partial charge in [-0.3, -0.25) is 4.31 Å². The normalized spacial score (nSPS) is 9.36. The summed E-state index contributed by atoms with van der Waals surface area (Å²) in [5.41, 5.74) is 3.67. The predicted octanol–water partition coefficient (Wildman–Crippen LogP) is 2.71. The quantitative estimate of drug-likeness (QED) is 0.525. The van der Waals surface area contributed by atoms with E-state index in [9.17, 15) is 0 Å². The Kier molecular flexibility index (Phi) is 7.48. The van der Waals surface area contributed by atoms with Crippen LogP contribution in [0.4, 0.5) is 5.69 Å². The Balaban J connectivity index is 0.00000169. The highest BCUT2D eigenvalue weighted by Gasteiger charge is 2.01. The van der Waals surface area contributed by atoms with Crippen molar-refractivity contribution in [2.45, 2.75) is 0 Å². The third kappa shape index (κ3) is 4.56. The smallest absolute Gasteiger partial charge is 0.135 e. The van der Waals surface area contributed by atoms with Crippen molar-refractivity contribution in [2.75, 3.05) is 18.4 Å². The molecule has 0 aromatic heterocycles. The summed E-state index contributed by atoms with van der Waals surface area (Å²) in [5, 5.41) is 0. The third-order valence-corrected chi connectivity index (χ3v) is 2.57. The lowest BCUT2D eigenvalue weighted by molar-refractivity contribution is 0.271. The van der Waals surface area contributed by atoms with Crippen LogP contribution < -0.4 is 9.79 Å². The average Bonchev–Trinajstić information content (AvgIpc) is 2.14. The second kappa shape index (κ2) is 7.42. The number of rotatable bonds is 4. The van der Waals surface area contributed by atoms with E-state index in [-0.39, 0.29) is 13.5 Å². The number of hydrogen-bond acceptors (Lipinski definition) is 4. The fourth-order valence-electron chi connectivity index (χ4n) is 0.808. The van der Waals surface area contributed by atoms with Crippen molar-refractivity contribution in [2.24, 2.45) is 0 Å². The average molecular weight is 297 g/mol. The first-order valence-corrected chi connectivity index (χ1v) is 5.23. The van der Waals surface area contributed by atoms with Gasteiger partial charge in [-0.25, -0.2) is 4.28 Å². The van der Waals surface area contributed by atoms with E-state index in [1.165, 1.54) is 12.2 Å². The van der Waals surface area contributed by atoms with Crippen molar-refractivity contribution in [3.63, 3.8) is 0 Å². The summed E-state index contributed by atoms with van der Waals surface area (Å²) in [6.07, 6.45) is 0. The fraction of sp³-hybridized carbons (Fsp3) is 0.250. The summed E-state index contributed by atoms with van der Waals surface area (Å²) >= 11 is 4.65. The van der Waals surface area contributed by atoms with Crippen LogP contribution in [0.3, 0.4) is 0 Å². The Bertz CT molecular complexity index is 275. The lowest BCUT2D eigenvalue weighted by Gasteiger charge is -2.15. The van der Waals surface area contributed by atoms with Gasteiger partial charge in [-0.05, 0) is 18.2 Å². The zero-order valence-corrected chi connectivity index (χ0v) is 11.4. The third-order valence-electron chi connectivity index (χ3n) is 1.40. The number of hydrogen-bond donors (Lipinski definition) is 1.